The zero-order valence-corrected chi connectivity index (χ0v) is 15.4. The Bertz CT molecular complexity index is 769. The second kappa shape index (κ2) is 7.38. The van der Waals surface area contributed by atoms with E-state index in [1.54, 1.807) is 32.4 Å². The van der Waals surface area contributed by atoms with Crippen molar-refractivity contribution >= 4 is 17.5 Å². The summed E-state index contributed by atoms with van der Waals surface area (Å²) < 4.78 is 10.5. The zero-order chi connectivity index (χ0) is 18.6. The Morgan fingerprint density at radius 3 is 2.32 bits per heavy atom. The molecule has 0 radical (unpaired) electrons. The summed E-state index contributed by atoms with van der Waals surface area (Å²) >= 11 is 0. The average Bonchev–Trinajstić information content (AvgIpc) is 2.52. The van der Waals surface area contributed by atoms with Crippen molar-refractivity contribution in [1.29, 1.82) is 0 Å². The molecule has 0 bridgehead atoms. The number of ether oxygens (including phenoxy) is 2. The second-order valence-electron chi connectivity index (χ2n) is 6.62. The average molecular weight is 344 g/mol. The fourth-order valence-corrected chi connectivity index (χ4v) is 2.19. The van der Waals surface area contributed by atoms with E-state index >= 15 is 0 Å². The SMILES string of the molecule is COc1ccc(Nc2nc(C)cc(C(=O)NC(C)(C)C)n2)cc1OC. The minimum absolute atomic E-state index is 0.242. The Kier molecular flexibility index (Phi) is 5.46. The molecule has 0 fully saturated rings. The number of benzene rings is 1. The third kappa shape index (κ3) is 5.07. The van der Waals surface area contributed by atoms with Crippen LogP contribution in [0.25, 0.3) is 0 Å². The molecule has 1 aromatic heterocycles. The minimum atomic E-state index is -0.340. The van der Waals surface area contributed by atoms with E-state index in [4.69, 9.17) is 9.47 Å². The number of rotatable bonds is 5. The molecule has 1 heterocycles. The Hall–Kier alpha value is -2.83. The lowest BCUT2D eigenvalue weighted by Crippen LogP contribution is -2.41. The first-order valence-electron chi connectivity index (χ1n) is 7.89. The van der Waals surface area contributed by atoms with E-state index in [2.05, 4.69) is 20.6 Å². The van der Waals surface area contributed by atoms with E-state index in [-0.39, 0.29) is 11.4 Å². The number of amides is 1. The van der Waals surface area contributed by atoms with E-state index in [0.29, 0.717) is 28.8 Å². The van der Waals surface area contributed by atoms with Gasteiger partial charge in [0.2, 0.25) is 5.95 Å². The number of aromatic nitrogens is 2. The third-order valence-corrected chi connectivity index (χ3v) is 3.22. The number of hydrogen-bond donors (Lipinski definition) is 2. The number of anilines is 2. The lowest BCUT2D eigenvalue weighted by atomic mass is 10.1. The van der Waals surface area contributed by atoms with Gasteiger partial charge in [-0.2, -0.15) is 0 Å². The van der Waals surface area contributed by atoms with Crippen LogP contribution in [0.4, 0.5) is 11.6 Å². The van der Waals surface area contributed by atoms with Gasteiger partial charge in [-0.25, -0.2) is 9.97 Å². The molecule has 0 unspecified atom stereocenters. The Morgan fingerprint density at radius 2 is 1.72 bits per heavy atom. The summed E-state index contributed by atoms with van der Waals surface area (Å²) in [5, 5.41) is 5.98. The largest absolute Gasteiger partial charge is 0.493 e. The van der Waals surface area contributed by atoms with Crippen LogP contribution in [-0.2, 0) is 0 Å². The highest BCUT2D eigenvalue weighted by molar-refractivity contribution is 5.93. The minimum Gasteiger partial charge on any atom is -0.493 e. The highest BCUT2D eigenvalue weighted by Crippen LogP contribution is 2.30. The van der Waals surface area contributed by atoms with E-state index in [0.717, 1.165) is 5.69 Å². The normalized spacial score (nSPS) is 11.0. The molecule has 1 amide bonds. The van der Waals surface area contributed by atoms with Gasteiger partial charge in [-0.15, -0.1) is 0 Å². The van der Waals surface area contributed by atoms with E-state index in [1.807, 2.05) is 33.8 Å². The lowest BCUT2D eigenvalue weighted by Gasteiger charge is -2.20. The molecular weight excluding hydrogens is 320 g/mol. The summed E-state index contributed by atoms with van der Waals surface area (Å²) in [4.78, 5) is 21.0. The second-order valence-corrected chi connectivity index (χ2v) is 6.62. The van der Waals surface area contributed by atoms with Gasteiger partial charge in [-0.1, -0.05) is 0 Å². The maximum Gasteiger partial charge on any atom is 0.270 e. The first kappa shape index (κ1) is 18.5. The van der Waals surface area contributed by atoms with Crippen molar-refractivity contribution in [2.75, 3.05) is 19.5 Å². The number of aryl methyl sites for hydroxylation is 1. The smallest absolute Gasteiger partial charge is 0.270 e. The van der Waals surface area contributed by atoms with Crippen molar-refractivity contribution in [2.24, 2.45) is 0 Å². The summed E-state index contributed by atoms with van der Waals surface area (Å²) in [7, 11) is 3.15. The maximum atomic E-state index is 12.3. The first-order chi connectivity index (χ1) is 11.7. The first-order valence-corrected chi connectivity index (χ1v) is 7.89. The molecule has 2 N–H and O–H groups in total. The molecule has 7 nitrogen and oxygen atoms in total. The van der Waals surface area contributed by atoms with Crippen LogP contribution in [0.1, 0.15) is 37.0 Å². The molecule has 134 valence electrons. The summed E-state index contributed by atoms with van der Waals surface area (Å²) in [5.74, 6) is 1.31. The molecule has 0 aliphatic rings. The standard InChI is InChI=1S/C18H24N4O3/c1-11-9-13(16(23)22-18(2,3)4)21-17(19-11)20-12-7-8-14(24-5)15(10-12)25-6/h7-10H,1-6H3,(H,22,23)(H,19,20,21). The summed E-state index contributed by atoms with van der Waals surface area (Å²) in [6, 6.07) is 7.03. The van der Waals surface area contributed by atoms with E-state index in [1.165, 1.54) is 0 Å². The van der Waals surface area contributed by atoms with Gasteiger partial charge in [0.15, 0.2) is 11.5 Å². The topological polar surface area (TPSA) is 85.4 Å². The van der Waals surface area contributed by atoms with Crippen LogP contribution in [-0.4, -0.2) is 35.6 Å². The van der Waals surface area contributed by atoms with E-state index in [9.17, 15) is 4.79 Å². The van der Waals surface area contributed by atoms with Crippen LogP contribution < -0.4 is 20.1 Å². The summed E-state index contributed by atoms with van der Waals surface area (Å²) in [6.45, 7) is 7.57. The van der Waals surface area contributed by atoms with Gasteiger partial charge < -0.3 is 20.1 Å². The highest BCUT2D eigenvalue weighted by atomic mass is 16.5. The molecule has 7 heteroatoms. The van der Waals surface area contributed by atoms with Crippen LogP contribution in [0.15, 0.2) is 24.3 Å². The number of carbonyl (C=O) groups is 1. The molecule has 25 heavy (non-hydrogen) atoms. The molecule has 0 spiro atoms. The predicted molar refractivity (Wildman–Crippen MR) is 96.8 cm³/mol. The van der Waals surface area contributed by atoms with Crippen molar-refractivity contribution in [2.45, 2.75) is 33.2 Å². The molecule has 2 rings (SSSR count). The molecule has 0 aliphatic carbocycles. The van der Waals surface area contributed by atoms with Crippen LogP contribution >= 0.6 is 0 Å². The van der Waals surface area contributed by atoms with Gasteiger partial charge in [0.25, 0.3) is 5.91 Å². The van der Waals surface area contributed by atoms with Gasteiger partial charge in [0.05, 0.1) is 14.2 Å². The molecule has 1 aromatic carbocycles. The van der Waals surface area contributed by atoms with Crippen LogP contribution in [0, 0.1) is 6.92 Å². The van der Waals surface area contributed by atoms with Crippen molar-refractivity contribution < 1.29 is 14.3 Å². The van der Waals surface area contributed by atoms with Crippen molar-refractivity contribution in [3.05, 3.63) is 35.7 Å². The number of nitrogens with zero attached hydrogens (tertiary/aromatic N) is 2. The molecular formula is C18H24N4O3. The number of methoxy groups -OCH3 is 2. The Labute approximate surface area is 147 Å². The Balaban J connectivity index is 2.27. The zero-order valence-electron chi connectivity index (χ0n) is 15.4. The van der Waals surface area contributed by atoms with Gasteiger partial charge in [-0.3, -0.25) is 4.79 Å². The predicted octanol–water partition coefficient (Wildman–Crippen LogP) is 3.07. The van der Waals surface area contributed by atoms with Crippen LogP contribution in [0.2, 0.25) is 0 Å². The van der Waals surface area contributed by atoms with Gasteiger partial charge in [-0.05, 0) is 45.9 Å². The van der Waals surface area contributed by atoms with Crippen molar-refractivity contribution in [1.82, 2.24) is 15.3 Å². The summed E-state index contributed by atoms with van der Waals surface area (Å²) in [6.07, 6.45) is 0. The van der Waals surface area contributed by atoms with Crippen LogP contribution in [0.5, 0.6) is 11.5 Å². The summed E-state index contributed by atoms with van der Waals surface area (Å²) in [5.41, 5.74) is 1.39. The number of carbonyl (C=O) groups excluding carboxylic acids is 1. The molecule has 0 atom stereocenters. The number of nitrogens with one attached hydrogen (secondary N) is 2. The quantitative estimate of drug-likeness (QED) is 0.867. The van der Waals surface area contributed by atoms with Gasteiger partial charge >= 0.3 is 0 Å². The highest BCUT2D eigenvalue weighted by Gasteiger charge is 2.17. The fraction of sp³-hybridized carbons (Fsp3) is 0.389. The van der Waals surface area contributed by atoms with Crippen LogP contribution in [0.3, 0.4) is 0 Å². The lowest BCUT2D eigenvalue weighted by molar-refractivity contribution is 0.0914. The van der Waals surface area contributed by atoms with Gasteiger partial charge in [0.1, 0.15) is 5.69 Å². The van der Waals surface area contributed by atoms with Gasteiger partial charge in [0, 0.05) is 23.0 Å². The molecule has 2 aromatic rings. The van der Waals surface area contributed by atoms with E-state index < -0.39 is 0 Å². The molecule has 0 saturated heterocycles. The number of hydrogen-bond acceptors (Lipinski definition) is 6. The van der Waals surface area contributed by atoms with Crippen molar-refractivity contribution in [3.8, 4) is 11.5 Å². The third-order valence-electron chi connectivity index (χ3n) is 3.22. The fourth-order valence-electron chi connectivity index (χ4n) is 2.19. The monoisotopic (exact) mass is 344 g/mol. The van der Waals surface area contributed by atoms with Crippen molar-refractivity contribution in [3.63, 3.8) is 0 Å². The maximum absolute atomic E-state index is 12.3. The molecule has 0 aliphatic heterocycles. The Morgan fingerprint density at radius 1 is 1.04 bits per heavy atom. The molecule has 0 saturated carbocycles.